The van der Waals surface area contributed by atoms with Crippen molar-refractivity contribution in [3.8, 4) is 0 Å². The molecule has 166 valence electrons. The van der Waals surface area contributed by atoms with E-state index in [9.17, 15) is 18.0 Å². The average molecular weight is 437 g/mol. The summed E-state index contributed by atoms with van der Waals surface area (Å²) < 4.78 is 27.6. The van der Waals surface area contributed by atoms with Crippen LogP contribution in [0.15, 0.2) is 23.1 Å². The molecule has 0 bridgehead atoms. The van der Waals surface area contributed by atoms with Crippen molar-refractivity contribution in [3.05, 3.63) is 29.3 Å². The van der Waals surface area contributed by atoms with E-state index < -0.39 is 16.1 Å². The molecule has 1 aliphatic heterocycles. The number of carbonyl (C=O) groups excluding carboxylic acids is 2. The predicted octanol–water partition coefficient (Wildman–Crippen LogP) is 2.34. The van der Waals surface area contributed by atoms with Crippen molar-refractivity contribution < 1.29 is 18.0 Å². The molecule has 2 N–H and O–H groups in total. The van der Waals surface area contributed by atoms with Gasteiger partial charge in [0.2, 0.25) is 0 Å². The number of hydrogen-bond acceptors (Lipinski definition) is 4. The van der Waals surface area contributed by atoms with Gasteiger partial charge in [-0.1, -0.05) is 13.0 Å². The molecular weight excluding hydrogens is 404 g/mol. The number of benzene rings is 1. The van der Waals surface area contributed by atoms with Crippen LogP contribution in [-0.2, 0) is 22.9 Å². The van der Waals surface area contributed by atoms with Crippen LogP contribution in [0, 0.1) is 5.92 Å². The first kappa shape index (κ1) is 22.4. The van der Waals surface area contributed by atoms with E-state index in [1.807, 2.05) is 0 Å². The van der Waals surface area contributed by atoms with Crippen LogP contribution >= 0.6 is 0 Å². The molecule has 30 heavy (non-hydrogen) atoms. The zero-order chi connectivity index (χ0) is 21.9. The van der Waals surface area contributed by atoms with Gasteiger partial charge in [-0.15, -0.1) is 0 Å². The standard InChI is InChI=1S/C21H32N4O4S/c1-15-4-7-18(8-5-15)22-20(26)23-30(28,29)19-9-6-16-10-12-25(21(27)24(2)3)13-11-17(16)14-19/h6,9,14-15,18H,4-5,7-8,10-13H2,1-3H3,(H2,22,23,26). The van der Waals surface area contributed by atoms with E-state index in [0.717, 1.165) is 36.8 Å². The van der Waals surface area contributed by atoms with E-state index in [-0.39, 0.29) is 17.0 Å². The fourth-order valence-electron chi connectivity index (χ4n) is 4.14. The second-order valence-electron chi connectivity index (χ2n) is 8.63. The summed E-state index contributed by atoms with van der Waals surface area (Å²) in [6.45, 7) is 3.31. The SMILES string of the molecule is CC1CCC(NC(=O)NS(=O)(=O)c2ccc3c(c2)CCN(C(=O)N(C)C)CC3)CC1. The highest BCUT2D eigenvalue weighted by Crippen LogP contribution is 2.24. The Morgan fingerprint density at radius 2 is 1.67 bits per heavy atom. The van der Waals surface area contributed by atoms with Gasteiger partial charge in [0.25, 0.3) is 10.0 Å². The quantitative estimate of drug-likeness (QED) is 0.760. The minimum Gasteiger partial charge on any atom is -0.335 e. The minimum atomic E-state index is -3.96. The van der Waals surface area contributed by atoms with Crippen molar-refractivity contribution in [2.75, 3.05) is 27.2 Å². The van der Waals surface area contributed by atoms with Gasteiger partial charge >= 0.3 is 12.1 Å². The summed E-state index contributed by atoms with van der Waals surface area (Å²) in [5.74, 6) is 0.651. The molecule has 2 aliphatic rings. The number of carbonyl (C=O) groups is 2. The van der Waals surface area contributed by atoms with E-state index in [1.54, 1.807) is 36.0 Å². The highest BCUT2D eigenvalue weighted by atomic mass is 32.2. The Hall–Kier alpha value is -2.29. The fraction of sp³-hybridized carbons (Fsp3) is 0.619. The molecule has 1 saturated carbocycles. The zero-order valence-electron chi connectivity index (χ0n) is 18.0. The van der Waals surface area contributed by atoms with Gasteiger partial charge in [-0.2, -0.15) is 0 Å². The molecule has 3 rings (SSSR count). The topological polar surface area (TPSA) is 98.8 Å². The maximum absolute atomic E-state index is 12.7. The summed E-state index contributed by atoms with van der Waals surface area (Å²) in [5, 5.41) is 2.79. The first-order valence-electron chi connectivity index (χ1n) is 10.6. The Balaban J connectivity index is 1.65. The van der Waals surface area contributed by atoms with E-state index in [1.165, 1.54) is 6.07 Å². The Kier molecular flexibility index (Phi) is 6.90. The second-order valence-corrected chi connectivity index (χ2v) is 10.3. The number of nitrogens with one attached hydrogen (secondary N) is 2. The highest BCUT2D eigenvalue weighted by molar-refractivity contribution is 7.90. The van der Waals surface area contributed by atoms with Gasteiger partial charge in [-0.25, -0.2) is 22.7 Å². The van der Waals surface area contributed by atoms with Crippen LogP contribution in [0.1, 0.15) is 43.7 Å². The Labute approximate surface area is 179 Å². The number of urea groups is 2. The number of nitrogens with zero attached hydrogens (tertiary/aromatic N) is 2. The molecule has 4 amide bonds. The number of fused-ring (bicyclic) bond motifs is 1. The second kappa shape index (κ2) is 9.24. The number of amides is 4. The van der Waals surface area contributed by atoms with Gasteiger partial charge in [0, 0.05) is 33.2 Å². The minimum absolute atomic E-state index is 0.0173. The van der Waals surface area contributed by atoms with Crippen LogP contribution in [0.3, 0.4) is 0 Å². The van der Waals surface area contributed by atoms with Crippen molar-refractivity contribution in [2.45, 2.75) is 56.4 Å². The maximum Gasteiger partial charge on any atom is 0.328 e. The molecule has 0 aromatic heterocycles. The van der Waals surface area contributed by atoms with Crippen LogP contribution in [0.2, 0.25) is 0 Å². The molecule has 0 unspecified atom stereocenters. The lowest BCUT2D eigenvalue weighted by Crippen LogP contribution is -2.45. The summed E-state index contributed by atoms with van der Waals surface area (Å²) in [5.41, 5.74) is 1.93. The molecule has 1 aliphatic carbocycles. The van der Waals surface area contributed by atoms with E-state index in [2.05, 4.69) is 17.0 Å². The maximum atomic E-state index is 12.7. The van der Waals surface area contributed by atoms with Crippen LogP contribution in [0.25, 0.3) is 0 Å². The molecule has 8 nitrogen and oxygen atoms in total. The monoisotopic (exact) mass is 436 g/mol. The van der Waals surface area contributed by atoms with Crippen LogP contribution in [0.5, 0.6) is 0 Å². The average Bonchev–Trinajstić information content (AvgIpc) is 2.90. The molecule has 1 aromatic carbocycles. The number of rotatable bonds is 3. The highest BCUT2D eigenvalue weighted by Gasteiger charge is 2.25. The van der Waals surface area contributed by atoms with Crippen molar-refractivity contribution in [1.29, 1.82) is 0 Å². The van der Waals surface area contributed by atoms with Gasteiger partial charge in [0.1, 0.15) is 0 Å². The van der Waals surface area contributed by atoms with Crippen molar-refractivity contribution >= 4 is 22.1 Å². The number of hydrogen-bond donors (Lipinski definition) is 2. The molecule has 0 saturated heterocycles. The van der Waals surface area contributed by atoms with Crippen LogP contribution in [-0.4, -0.2) is 63.5 Å². The van der Waals surface area contributed by atoms with Crippen molar-refractivity contribution in [3.63, 3.8) is 0 Å². The first-order chi connectivity index (χ1) is 14.2. The smallest absolute Gasteiger partial charge is 0.328 e. The Morgan fingerprint density at radius 1 is 1.03 bits per heavy atom. The lowest BCUT2D eigenvalue weighted by atomic mass is 9.87. The van der Waals surface area contributed by atoms with Crippen LogP contribution < -0.4 is 10.0 Å². The summed E-state index contributed by atoms with van der Waals surface area (Å²) in [6.07, 6.45) is 5.06. The molecule has 0 radical (unpaired) electrons. The molecule has 1 fully saturated rings. The third kappa shape index (κ3) is 5.44. The summed E-state index contributed by atoms with van der Waals surface area (Å²) >= 11 is 0. The van der Waals surface area contributed by atoms with Crippen LogP contribution in [0.4, 0.5) is 9.59 Å². The fourth-order valence-corrected chi connectivity index (χ4v) is 5.11. The van der Waals surface area contributed by atoms with E-state index >= 15 is 0 Å². The lowest BCUT2D eigenvalue weighted by molar-refractivity contribution is 0.173. The lowest BCUT2D eigenvalue weighted by Gasteiger charge is -2.26. The molecular formula is C21H32N4O4S. The first-order valence-corrected chi connectivity index (χ1v) is 12.1. The van der Waals surface area contributed by atoms with Crippen molar-refractivity contribution in [2.24, 2.45) is 5.92 Å². The van der Waals surface area contributed by atoms with Gasteiger partial charge in [-0.3, -0.25) is 0 Å². The molecule has 9 heteroatoms. The Morgan fingerprint density at radius 3 is 2.30 bits per heavy atom. The molecule has 0 spiro atoms. The van der Waals surface area contributed by atoms with E-state index in [4.69, 9.17) is 0 Å². The largest absolute Gasteiger partial charge is 0.335 e. The molecule has 1 aromatic rings. The predicted molar refractivity (Wildman–Crippen MR) is 115 cm³/mol. The summed E-state index contributed by atoms with van der Waals surface area (Å²) in [7, 11) is -0.525. The number of sulfonamides is 1. The Bertz CT molecular complexity index is 892. The zero-order valence-corrected chi connectivity index (χ0v) is 18.8. The van der Waals surface area contributed by atoms with Crippen molar-refractivity contribution in [1.82, 2.24) is 19.8 Å². The van der Waals surface area contributed by atoms with Gasteiger partial charge in [-0.05, 0) is 67.7 Å². The third-order valence-electron chi connectivity index (χ3n) is 6.02. The van der Waals surface area contributed by atoms with E-state index in [0.29, 0.717) is 31.8 Å². The van der Waals surface area contributed by atoms with Gasteiger partial charge in [0.05, 0.1) is 4.90 Å². The van der Waals surface area contributed by atoms with Gasteiger partial charge in [0.15, 0.2) is 0 Å². The normalized spacial score (nSPS) is 21.9. The molecule has 1 heterocycles. The third-order valence-corrected chi connectivity index (χ3v) is 7.35. The van der Waals surface area contributed by atoms with Gasteiger partial charge < -0.3 is 15.1 Å². The summed E-state index contributed by atoms with van der Waals surface area (Å²) in [4.78, 5) is 27.9. The summed E-state index contributed by atoms with van der Waals surface area (Å²) in [6, 6.07) is 4.23. The molecule has 0 atom stereocenters.